The first-order chi connectivity index (χ1) is 4.47. The van der Waals surface area contributed by atoms with Crippen molar-refractivity contribution in [3.05, 3.63) is 0 Å². The first-order valence-corrected chi connectivity index (χ1v) is 3.79. The van der Waals surface area contributed by atoms with Crippen molar-refractivity contribution in [3.63, 3.8) is 0 Å². The monoisotopic (exact) mass is 127 g/mol. The molecular weight excluding hydrogens is 114 g/mol. The van der Waals surface area contributed by atoms with Crippen LogP contribution in [0, 0.1) is 5.92 Å². The molecule has 0 unspecified atom stereocenters. The fraction of sp³-hybridized carbons (Fsp3) is 1.00. The van der Waals surface area contributed by atoms with Crippen LogP contribution >= 0.6 is 0 Å². The van der Waals surface area contributed by atoms with Crippen LogP contribution in [-0.2, 0) is 4.74 Å². The molecule has 2 rings (SSSR count). The molecule has 2 atom stereocenters. The normalized spacial score (nSPS) is 42.7. The molecule has 2 aliphatic rings. The summed E-state index contributed by atoms with van der Waals surface area (Å²) >= 11 is 0. The van der Waals surface area contributed by atoms with Crippen LogP contribution in [0.25, 0.3) is 0 Å². The van der Waals surface area contributed by atoms with Crippen LogP contribution in [0.4, 0.5) is 0 Å². The molecular formula is C7H13NO. The Bertz CT molecular complexity index is 93.1. The number of piperidine rings is 1. The molecule has 0 aromatic carbocycles. The van der Waals surface area contributed by atoms with Gasteiger partial charge in [-0.2, -0.15) is 0 Å². The largest absolute Gasteiger partial charge is 0.378 e. The van der Waals surface area contributed by atoms with E-state index in [1.54, 1.807) is 0 Å². The lowest BCUT2D eigenvalue weighted by atomic mass is 9.96. The highest BCUT2D eigenvalue weighted by atomic mass is 16.5. The van der Waals surface area contributed by atoms with Gasteiger partial charge in [0.1, 0.15) is 0 Å². The van der Waals surface area contributed by atoms with Gasteiger partial charge in [0.2, 0.25) is 0 Å². The van der Waals surface area contributed by atoms with Gasteiger partial charge in [0.25, 0.3) is 0 Å². The third-order valence-electron chi connectivity index (χ3n) is 2.36. The molecule has 0 amide bonds. The second kappa shape index (κ2) is 2.27. The average molecular weight is 127 g/mol. The van der Waals surface area contributed by atoms with Gasteiger partial charge in [0.05, 0.1) is 6.10 Å². The van der Waals surface area contributed by atoms with Crippen LogP contribution in [0.5, 0.6) is 0 Å². The van der Waals surface area contributed by atoms with Gasteiger partial charge in [-0.05, 0) is 25.3 Å². The summed E-state index contributed by atoms with van der Waals surface area (Å²) in [4.78, 5) is 0. The van der Waals surface area contributed by atoms with E-state index >= 15 is 0 Å². The number of hydrogen-bond acceptors (Lipinski definition) is 2. The minimum Gasteiger partial charge on any atom is -0.378 e. The van der Waals surface area contributed by atoms with Crippen LogP contribution in [0.15, 0.2) is 0 Å². The molecule has 0 saturated carbocycles. The molecule has 2 nitrogen and oxygen atoms in total. The summed E-state index contributed by atoms with van der Waals surface area (Å²) in [5.41, 5.74) is 0. The molecule has 0 aromatic rings. The number of fused-ring (bicyclic) bond motifs is 1. The van der Waals surface area contributed by atoms with E-state index in [-0.39, 0.29) is 0 Å². The van der Waals surface area contributed by atoms with E-state index in [9.17, 15) is 0 Å². The standard InChI is InChI=1S/C7H13NO/c1-3-8-5-6-2-4-9-7(1)6/h6-8H,1-5H2/t6-,7-/m0/s1. The summed E-state index contributed by atoms with van der Waals surface area (Å²) < 4.78 is 5.52. The maximum absolute atomic E-state index is 5.52. The van der Waals surface area contributed by atoms with Crippen LogP contribution in [0.2, 0.25) is 0 Å². The van der Waals surface area contributed by atoms with E-state index in [2.05, 4.69) is 5.32 Å². The van der Waals surface area contributed by atoms with E-state index in [1.807, 2.05) is 0 Å². The molecule has 2 aliphatic heterocycles. The van der Waals surface area contributed by atoms with Gasteiger partial charge in [0.15, 0.2) is 0 Å². The lowest BCUT2D eigenvalue weighted by molar-refractivity contribution is 0.0719. The molecule has 2 saturated heterocycles. The Morgan fingerprint density at radius 1 is 1.33 bits per heavy atom. The zero-order valence-electron chi connectivity index (χ0n) is 5.60. The fourth-order valence-electron chi connectivity index (χ4n) is 1.78. The highest BCUT2D eigenvalue weighted by Crippen LogP contribution is 2.24. The predicted molar refractivity (Wildman–Crippen MR) is 35.3 cm³/mol. The first kappa shape index (κ1) is 5.69. The smallest absolute Gasteiger partial charge is 0.0628 e. The van der Waals surface area contributed by atoms with Crippen molar-refractivity contribution in [3.8, 4) is 0 Å². The summed E-state index contributed by atoms with van der Waals surface area (Å²) in [6.45, 7) is 3.34. The zero-order valence-corrected chi connectivity index (χ0v) is 5.60. The molecule has 52 valence electrons. The molecule has 0 radical (unpaired) electrons. The van der Waals surface area contributed by atoms with Crippen molar-refractivity contribution in [1.29, 1.82) is 0 Å². The van der Waals surface area contributed by atoms with E-state index in [1.165, 1.54) is 19.4 Å². The average Bonchev–Trinajstić information content (AvgIpc) is 2.33. The Morgan fingerprint density at radius 3 is 3.22 bits per heavy atom. The molecule has 1 N–H and O–H groups in total. The van der Waals surface area contributed by atoms with Crippen LogP contribution < -0.4 is 5.32 Å². The lowest BCUT2D eigenvalue weighted by Crippen LogP contribution is -2.37. The highest BCUT2D eigenvalue weighted by molar-refractivity contribution is 4.82. The summed E-state index contributed by atoms with van der Waals surface area (Å²) in [5, 5.41) is 3.38. The fourth-order valence-corrected chi connectivity index (χ4v) is 1.78. The number of ether oxygens (including phenoxy) is 1. The highest BCUT2D eigenvalue weighted by Gasteiger charge is 2.29. The summed E-state index contributed by atoms with van der Waals surface area (Å²) in [6.07, 6.45) is 3.11. The van der Waals surface area contributed by atoms with Crippen molar-refractivity contribution < 1.29 is 4.74 Å². The van der Waals surface area contributed by atoms with Gasteiger partial charge < -0.3 is 10.1 Å². The van der Waals surface area contributed by atoms with Gasteiger partial charge in [-0.15, -0.1) is 0 Å². The van der Waals surface area contributed by atoms with Gasteiger partial charge in [-0.1, -0.05) is 0 Å². The molecule has 2 fully saturated rings. The van der Waals surface area contributed by atoms with Crippen LogP contribution in [-0.4, -0.2) is 25.8 Å². The minimum atomic E-state index is 0.603. The van der Waals surface area contributed by atoms with Crippen molar-refractivity contribution in [2.75, 3.05) is 19.7 Å². The lowest BCUT2D eigenvalue weighted by Gasteiger charge is -2.24. The molecule has 0 bridgehead atoms. The van der Waals surface area contributed by atoms with Gasteiger partial charge in [-0.25, -0.2) is 0 Å². The van der Waals surface area contributed by atoms with Gasteiger partial charge in [0, 0.05) is 13.2 Å². The third kappa shape index (κ3) is 0.970. The van der Waals surface area contributed by atoms with Crippen molar-refractivity contribution in [2.45, 2.75) is 18.9 Å². The van der Waals surface area contributed by atoms with Crippen molar-refractivity contribution in [1.82, 2.24) is 5.32 Å². The van der Waals surface area contributed by atoms with Crippen molar-refractivity contribution in [2.24, 2.45) is 5.92 Å². The molecule has 0 aromatic heterocycles. The SMILES string of the molecule is C1C[C@@H]2OCC[C@H]2CN1. The van der Waals surface area contributed by atoms with Crippen molar-refractivity contribution >= 4 is 0 Å². The maximum Gasteiger partial charge on any atom is 0.0628 e. The Morgan fingerprint density at radius 2 is 2.33 bits per heavy atom. The molecule has 0 spiro atoms. The van der Waals surface area contributed by atoms with Crippen LogP contribution in [0.1, 0.15) is 12.8 Å². The molecule has 2 heterocycles. The molecule has 9 heavy (non-hydrogen) atoms. The summed E-state index contributed by atoms with van der Waals surface area (Å²) in [6, 6.07) is 0. The number of nitrogens with one attached hydrogen (secondary N) is 1. The number of rotatable bonds is 0. The summed E-state index contributed by atoms with van der Waals surface area (Å²) in [5.74, 6) is 0.832. The quantitative estimate of drug-likeness (QED) is 0.508. The second-order valence-electron chi connectivity index (χ2n) is 2.95. The maximum atomic E-state index is 5.52. The van der Waals surface area contributed by atoms with E-state index < -0.39 is 0 Å². The molecule has 2 heteroatoms. The topological polar surface area (TPSA) is 21.3 Å². The minimum absolute atomic E-state index is 0.603. The van der Waals surface area contributed by atoms with E-state index in [0.717, 1.165) is 19.1 Å². The molecule has 0 aliphatic carbocycles. The Kier molecular flexibility index (Phi) is 1.44. The van der Waals surface area contributed by atoms with E-state index in [0.29, 0.717) is 6.10 Å². The summed E-state index contributed by atoms with van der Waals surface area (Å²) in [7, 11) is 0. The zero-order chi connectivity index (χ0) is 6.10. The predicted octanol–water partition coefficient (Wildman–Crippen LogP) is 0.385. The van der Waals surface area contributed by atoms with E-state index in [4.69, 9.17) is 4.74 Å². The Hall–Kier alpha value is -0.0800. The third-order valence-corrected chi connectivity index (χ3v) is 2.36. The van der Waals surface area contributed by atoms with Gasteiger partial charge in [-0.3, -0.25) is 0 Å². The van der Waals surface area contributed by atoms with Gasteiger partial charge >= 0.3 is 0 Å². The number of hydrogen-bond donors (Lipinski definition) is 1. The second-order valence-corrected chi connectivity index (χ2v) is 2.95. The Balaban J connectivity index is 1.97. The first-order valence-electron chi connectivity index (χ1n) is 3.79. The van der Waals surface area contributed by atoms with Crippen LogP contribution in [0.3, 0.4) is 0 Å². The Labute approximate surface area is 55.6 Å².